The summed E-state index contributed by atoms with van der Waals surface area (Å²) < 4.78 is 41.7. The Morgan fingerprint density at radius 2 is 2.24 bits per heavy atom. The van der Waals surface area contributed by atoms with Crippen molar-refractivity contribution in [2.45, 2.75) is 12.7 Å². The summed E-state index contributed by atoms with van der Waals surface area (Å²) in [5.41, 5.74) is -0.183. The van der Waals surface area contributed by atoms with E-state index in [1.807, 2.05) is 0 Å². The van der Waals surface area contributed by atoms with E-state index in [-0.39, 0.29) is 18.0 Å². The fourth-order valence-electron chi connectivity index (χ4n) is 2.12. The van der Waals surface area contributed by atoms with Crippen LogP contribution in [-0.2, 0) is 0 Å². The van der Waals surface area contributed by atoms with Gasteiger partial charge in [-0.1, -0.05) is 0 Å². The largest absolute Gasteiger partial charge is 0.434 e. The molecule has 21 heavy (non-hydrogen) atoms. The number of alkyl halides is 2. The van der Waals surface area contributed by atoms with Crippen molar-refractivity contribution in [2.75, 3.05) is 19.6 Å². The summed E-state index contributed by atoms with van der Waals surface area (Å²) in [6, 6.07) is 2.79. The fourth-order valence-corrected chi connectivity index (χ4v) is 2.12. The standard InChI is InChI=1S/C13H15F3N2O3/c14-8-1-2-9(11(3-8)21-13(15)16)12(20)18-5-7-4-17-6-10(7)19/h1-3,7,10,13,17,19H,4-6H2,(H,18,20). The summed E-state index contributed by atoms with van der Waals surface area (Å²) >= 11 is 0. The van der Waals surface area contributed by atoms with Crippen LogP contribution in [0, 0.1) is 11.7 Å². The van der Waals surface area contributed by atoms with Crippen LogP contribution in [0.15, 0.2) is 18.2 Å². The van der Waals surface area contributed by atoms with Crippen LogP contribution < -0.4 is 15.4 Å². The number of carbonyl (C=O) groups is 1. The van der Waals surface area contributed by atoms with Crippen LogP contribution in [0.2, 0.25) is 0 Å². The maximum atomic E-state index is 13.0. The third-order valence-corrected chi connectivity index (χ3v) is 3.23. The Kier molecular flexibility index (Phi) is 5.03. The van der Waals surface area contributed by atoms with Crippen molar-refractivity contribution in [1.82, 2.24) is 10.6 Å². The number of aliphatic hydroxyl groups excluding tert-OH is 1. The molecule has 0 radical (unpaired) electrons. The molecule has 1 amide bonds. The van der Waals surface area contributed by atoms with Crippen LogP contribution in [0.5, 0.6) is 5.75 Å². The van der Waals surface area contributed by atoms with Gasteiger partial charge in [0.1, 0.15) is 11.6 Å². The van der Waals surface area contributed by atoms with Gasteiger partial charge in [-0.15, -0.1) is 0 Å². The van der Waals surface area contributed by atoms with Crippen molar-refractivity contribution in [3.05, 3.63) is 29.6 Å². The van der Waals surface area contributed by atoms with Gasteiger partial charge >= 0.3 is 6.61 Å². The summed E-state index contributed by atoms with van der Waals surface area (Å²) in [5.74, 6) is -2.12. The average molecular weight is 304 g/mol. The molecule has 1 aromatic rings. The molecule has 0 bridgehead atoms. The summed E-state index contributed by atoms with van der Waals surface area (Å²) in [5, 5.41) is 15.1. The molecule has 2 atom stereocenters. The van der Waals surface area contributed by atoms with Crippen LogP contribution in [0.3, 0.4) is 0 Å². The number of halogens is 3. The second-order valence-corrected chi connectivity index (χ2v) is 4.71. The van der Waals surface area contributed by atoms with Gasteiger partial charge in [0.2, 0.25) is 0 Å². The third kappa shape index (κ3) is 4.08. The van der Waals surface area contributed by atoms with E-state index < -0.39 is 30.2 Å². The van der Waals surface area contributed by atoms with Gasteiger partial charge in [-0.05, 0) is 12.1 Å². The Balaban J connectivity index is 2.04. The first-order valence-electron chi connectivity index (χ1n) is 6.38. The summed E-state index contributed by atoms with van der Waals surface area (Å²) in [6.07, 6.45) is -0.574. The summed E-state index contributed by atoms with van der Waals surface area (Å²) in [7, 11) is 0. The number of benzene rings is 1. The van der Waals surface area contributed by atoms with Crippen molar-refractivity contribution >= 4 is 5.91 Å². The lowest BCUT2D eigenvalue weighted by Crippen LogP contribution is -2.34. The molecule has 0 aromatic heterocycles. The quantitative estimate of drug-likeness (QED) is 0.750. The monoisotopic (exact) mass is 304 g/mol. The maximum Gasteiger partial charge on any atom is 0.387 e. The number of nitrogens with one attached hydrogen (secondary N) is 2. The molecule has 1 heterocycles. The zero-order chi connectivity index (χ0) is 15.4. The molecule has 1 aliphatic rings. The van der Waals surface area contributed by atoms with Gasteiger partial charge in [-0.25, -0.2) is 4.39 Å². The second-order valence-electron chi connectivity index (χ2n) is 4.71. The Labute approximate surface area is 119 Å². The van der Waals surface area contributed by atoms with E-state index in [1.54, 1.807) is 0 Å². The normalized spacial score (nSPS) is 21.6. The Bertz CT molecular complexity index is 513. The summed E-state index contributed by atoms with van der Waals surface area (Å²) in [6.45, 7) is -1.99. The van der Waals surface area contributed by atoms with Gasteiger partial charge in [0.25, 0.3) is 5.91 Å². The number of amides is 1. The highest BCUT2D eigenvalue weighted by Gasteiger charge is 2.26. The van der Waals surface area contributed by atoms with Gasteiger partial charge in [0, 0.05) is 31.6 Å². The highest BCUT2D eigenvalue weighted by atomic mass is 19.3. The van der Waals surface area contributed by atoms with E-state index in [0.29, 0.717) is 13.1 Å². The first kappa shape index (κ1) is 15.6. The molecule has 5 nitrogen and oxygen atoms in total. The van der Waals surface area contributed by atoms with Crippen LogP contribution in [-0.4, -0.2) is 43.4 Å². The first-order valence-corrected chi connectivity index (χ1v) is 6.38. The molecule has 1 fully saturated rings. The lowest BCUT2D eigenvalue weighted by Gasteiger charge is -2.15. The smallest absolute Gasteiger partial charge is 0.387 e. The van der Waals surface area contributed by atoms with E-state index in [1.165, 1.54) is 0 Å². The van der Waals surface area contributed by atoms with E-state index in [9.17, 15) is 23.1 Å². The molecule has 0 spiro atoms. The van der Waals surface area contributed by atoms with E-state index in [2.05, 4.69) is 15.4 Å². The fraction of sp³-hybridized carbons (Fsp3) is 0.462. The minimum atomic E-state index is -3.15. The van der Waals surface area contributed by atoms with Crippen LogP contribution >= 0.6 is 0 Å². The number of β-amino-alcohol motifs (C(OH)–C–C–N with tert-alkyl or cyclic N) is 1. The molecule has 0 aliphatic carbocycles. The lowest BCUT2D eigenvalue weighted by atomic mass is 10.1. The van der Waals surface area contributed by atoms with Gasteiger partial charge in [-0.3, -0.25) is 4.79 Å². The number of hydrogen-bond acceptors (Lipinski definition) is 4. The predicted molar refractivity (Wildman–Crippen MR) is 67.7 cm³/mol. The second kappa shape index (κ2) is 6.77. The zero-order valence-corrected chi connectivity index (χ0v) is 11.0. The molecule has 0 saturated carbocycles. The number of aliphatic hydroxyl groups is 1. The van der Waals surface area contributed by atoms with E-state index >= 15 is 0 Å². The minimum Gasteiger partial charge on any atom is -0.434 e. The van der Waals surface area contributed by atoms with E-state index in [4.69, 9.17) is 0 Å². The van der Waals surface area contributed by atoms with Crippen molar-refractivity contribution in [2.24, 2.45) is 5.92 Å². The molecule has 1 aromatic carbocycles. The van der Waals surface area contributed by atoms with Gasteiger partial charge in [0.05, 0.1) is 11.7 Å². The highest BCUT2D eigenvalue weighted by molar-refractivity contribution is 5.96. The molecule has 2 rings (SSSR count). The topological polar surface area (TPSA) is 70.6 Å². The van der Waals surface area contributed by atoms with Crippen molar-refractivity contribution in [3.63, 3.8) is 0 Å². The minimum absolute atomic E-state index is 0.158. The van der Waals surface area contributed by atoms with Gasteiger partial charge in [0.15, 0.2) is 0 Å². The highest BCUT2D eigenvalue weighted by Crippen LogP contribution is 2.22. The molecule has 1 aliphatic heterocycles. The number of rotatable bonds is 5. The van der Waals surface area contributed by atoms with Crippen LogP contribution in [0.1, 0.15) is 10.4 Å². The van der Waals surface area contributed by atoms with Gasteiger partial charge < -0.3 is 20.5 Å². The molecule has 116 valence electrons. The van der Waals surface area contributed by atoms with Gasteiger partial charge in [-0.2, -0.15) is 8.78 Å². The zero-order valence-electron chi connectivity index (χ0n) is 11.0. The van der Waals surface area contributed by atoms with Crippen molar-refractivity contribution in [1.29, 1.82) is 0 Å². The Morgan fingerprint density at radius 3 is 2.86 bits per heavy atom. The molecule has 1 saturated heterocycles. The van der Waals surface area contributed by atoms with Crippen LogP contribution in [0.25, 0.3) is 0 Å². The Hall–Kier alpha value is -1.80. The molecular weight excluding hydrogens is 289 g/mol. The van der Waals surface area contributed by atoms with Crippen molar-refractivity contribution < 1.29 is 27.8 Å². The lowest BCUT2D eigenvalue weighted by molar-refractivity contribution is -0.0503. The maximum absolute atomic E-state index is 13.0. The van der Waals surface area contributed by atoms with Crippen molar-refractivity contribution in [3.8, 4) is 5.75 Å². The summed E-state index contributed by atoms with van der Waals surface area (Å²) in [4.78, 5) is 12.0. The molecule has 2 unspecified atom stereocenters. The number of ether oxygens (including phenoxy) is 1. The van der Waals surface area contributed by atoms with E-state index in [0.717, 1.165) is 18.2 Å². The number of hydrogen-bond donors (Lipinski definition) is 3. The van der Waals surface area contributed by atoms with Crippen LogP contribution in [0.4, 0.5) is 13.2 Å². The molecule has 3 N–H and O–H groups in total. The third-order valence-electron chi connectivity index (χ3n) is 3.23. The predicted octanol–water partition coefficient (Wildman–Crippen LogP) is 0.737. The average Bonchev–Trinajstić information content (AvgIpc) is 2.81. The number of carbonyl (C=O) groups excluding carboxylic acids is 1. The SMILES string of the molecule is O=C(NCC1CNCC1O)c1ccc(F)cc1OC(F)F. The first-order chi connectivity index (χ1) is 9.97. The molecular formula is C13H15F3N2O3. The Morgan fingerprint density at radius 1 is 1.48 bits per heavy atom. The molecule has 8 heteroatoms.